The Morgan fingerprint density at radius 2 is 2.25 bits per heavy atom. The Balaban J connectivity index is 2.18. The molecular weight excluding hydrogens is 323 g/mol. The van der Waals surface area contributed by atoms with Crippen LogP contribution in [0.1, 0.15) is 18.4 Å². The highest BCUT2D eigenvalue weighted by Crippen LogP contribution is 2.27. The molecule has 3 N–H and O–H groups in total. The van der Waals surface area contributed by atoms with E-state index in [4.69, 9.17) is 17.3 Å². The Kier molecular flexibility index (Phi) is 5.30. The summed E-state index contributed by atoms with van der Waals surface area (Å²) in [6, 6.07) is 2.24. The summed E-state index contributed by atoms with van der Waals surface area (Å²) in [5, 5.41) is 0.161. The van der Waals surface area contributed by atoms with Crippen LogP contribution < -0.4 is 10.5 Å². The fourth-order valence-electron chi connectivity index (χ4n) is 2.01. The summed E-state index contributed by atoms with van der Waals surface area (Å²) in [5.41, 5.74) is 5.72. The maximum Gasteiger partial charge on any atom is 0.240 e. The molecule has 4 nitrogen and oxygen atoms in total. The van der Waals surface area contributed by atoms with Crippen LogP contribution in [-0.4, -0.2) is 26.0 Å². The summed E-state index contributed by atoms with van der Waals surface area (Å²) < 4.78 is 40.4. The first-order valence-corrected chi connectivity index (χ1v) is 9.14. The molecule has 0 radical (unpaired) electrons. The number of halogens is 2. The summed E-state index contributed by atoms with van der Waals surface area (Å²) in [5.74, 6) is 0.282. The number of sulfonamides is 1. The predicted octanol–water partition coefficient (Wildman–Crippen LogP) is 2.11. The SMILES string of the molecule is NCc1cc(S(=O)(=O)NCC2CCCS2)cc(F)c1Cl. The van der Waals surface area contributed by atoms with E-state index in [0.29, 0.717) is 6.54 Å². The summed E-state index contributed by atoms with van der Waals surface area (Å²) in [4.78, 5) is -0.136. The molecule has 0 spiro atoms. The molecule has 1 aromatic rings. The van der Waals surface area contributed by atoms with E-state index < -0.39 is 15.8 Å². The van der Waals surface area contributed by atoms with Gasteiger partial charge in [-0.3, -0.25) is 0 Å². The van der Waals surface area contributed by atoms with Crippen molar-refractivity contribution in [1.82, 2.24) is 4.72 Å². The van der Waals surface area contributed by atoms with E-state index >= 15 is 0 Å². The van der Waals surface area contributed by atoms with E-state index in [1.807, 2.05) is 0 Å². The van der Waals surface area contributed by atoms with Gasteiger partial charge in [0, 0.05) is 18.3 Å². The summed E-state index contributed by atoms with van der Waals surface area (Å²) in [6.45, 7) is 0.340. The van der Waals surface area contributed by atoms with Crippen LogP contribution in [0.5, 0.6) is 0 Å². The zero-order valence-electron chi connectivity index (χ0n) is 10.7. The van der Waals surface area contributed by atoms with Gasteiger partial charge in [-0.25, -0.2) is 17.5 Å². The summed E-state index contributed by atoms with van der Waals surface area (Å²) in [6.07, 6.45) is 2.10. The van der Waals surface area contributed by atoms with Gasteiger partial charge in [-0.15, -0.1) is 0 Å². The quantitative estimate of drug-likeness (QED) is 0.862. The molecule has 20 heavy (non-hydrogen) atoms. The normalized spacial score (nSPS) is 19.4. The number of hydrogen-bond acceptors (Lipinski definition) is 4. The Labute approximate surface area is 127 Å². The van der Waals surface area contributed by atoms with Crippen LogP contribution in [-0.2, 0) is 16.6 Å². The molecule has 0 aliphatic carbocycles. The highest BCUT2D eigenvalue weighted by Gasteiger charge is 2.22. The lowest BCUT2D eigenvalue weighted by atomic mass is 10.2. The lowest BCUT2D eigenvalue weighted by Gasteiger charge is -2.12. The van der Waals surface area contributed by atoms with E-state index in [1.165, 1.54) is 6.07 Å². The highest BCUT2D eigenvalue weighted by molar-refractivity contribution is 8.00. The lowest BCUT2D eigenvalue weighted by Crippen LogP contribution is -2.30. The fourth-order valence-corrected chi connectivity index (χ4v) is 4.65. The molecule has 8 heteroatoms. The van der Waals surface area contributed by atoms with Crippen LogP contribution in [0, 0.1) is 5.82 Å². The van der Waals surface area contributed by atoms with Gasteiger partial charge in [0.1, 0.15) is 5.82 Å². The number of benzene rings is 1. The van der Waals surface area contributed by atoms with Gasteiger partial charge >= 0.3 is 0 Å². The molecule has 1 aliphatic heterocycles. The third-order valence-electron chi connectivity index (χ3n) is 3.13. The molecule has 1 aromatic carbocycles. The molecular formula is C12H16ClFN2O2S2. The monoisotopic (exact) mass is 338 g/mol. The topological polar surface area (TPSA) is 72.2 Å². The maximum absolute atomic E-state index is 13.6. The van der Waals surface area contributed by atoms with Gasteiger partial charge < -0.3 is 5.73 Å². The lowest BCUT2D eigenvalue weighted by molar-refractivity contribution is 0.575. The number of rotatable bonds is 5. The van der Waals surface area contributed by atoms with Gasteiger partial charge in [0.25, 0.3) is 0 Å². The Morgan fingerprint density at radius 3 is 2.85 bits per heavy atom. The van der Waals surface area contributed by atoms with E-state index in [2.05, 4.69) is 4.72 Å². The predicted molar refractivity (Wildman–Crippen MR) is 80.0 cm³/mol. The van der Waals surface area contributed by atoms with Crippen molar-refractivity contribution in [1.29, 1.82) is 0 Å². The Morgan fingerprint density at radius 1 is 1.50 bits per heavy atom. The average Bonchev–Trinajstić information content (AvgIpc) is 2.92. The minimum atomic E-state index is -3.74. The van der Waals surface area contributed by atoms with Crippen molar-refractivity contribution in [2.45, 2.75) is 29.5 Å². The van der Waals surface area contributed by atoms with Gasteiger partial charge in [-0.1, -0.05) is 11.6 Å². The van der Waals surface area contributed by atoms with Crippen LogP contribution >= 0.6 is 23.4 Å². The Hall–Kier alpha value is -0.340. The molecule has 0 aromatic heterocycles. The molecule has 1 saturated heterocycles. The maximum atomic E-state index is 13.6. The van der Waals surface area contributed by atoms with Crippen LogP contribution in [0.2, 0.25) is 5.02 Å². The second-order valence-electron chi connectivity index (χ2n) is 4.57. The second kappa shape index (κ2) is 6.62. The highest BCUT2D eigenvalue weighted by atomic mass is 35.5. The van der Waals surface area contributed by atoms with E-state index in [0.717, 1.165) is 24.7 Å². The third-order valence-corrected chi connectivity index (χ3v) is 6.36. The zero-order valence-corrected chi connectivity index (χ0v) is 13.1. The molecule has 1 aliphatic rings. The molecule has 0 amide bonds. The number of nitrogens with one attached hydrogen (secondary N) is 1. The van der Waals surface area contributed by atoms with Gasteiger partial charge in [0.05, 0.1) is 9.92 Å². The van der Waals surface area contributed by atoms with Crippen molar-refractivity contribution in [3.8, 4) is 0 Å². The van der Waals surface area contributed by atoms with Crippen LogP contribution in [0.15, 0.2) is 17.0 Å². The minimum Gasteiger partial charge on any atom is -0.326 e. The van der Waals surface area contributed by atoms with Crippen molar-refractivity contribution in [3.05, 3.63) is 28.5 Å². The third kappa shape index (κ3) is 3.65. The van der Waals surface area contributed by atoms with Crippen LogP contribution in [0.25, 0.3) is 0 Å². The first-order valence-electron chi connectivity index (χ1n) is 6.23. The van der Waals surface area contributed by atoms with Crippen molar-refractivity contribution >= 4 is 33.4 Å². The van der Waals surface area contributed by atoms with Crippen molar-refractivity contribution < 1.29 is 12.8 Å². The number of nitrogens with two attached hydrogens (primary N) is 1. The molecule has 2 rings (SSSR count). The largest absolute Gasteiger partial charge is 0.326 e. The summed E-state index contributed by atoms with van der Waals surface area (Å²) in [7, 11) is -3.74. The van der Waals surface area contributed by atoms with Crippen LogP contribution in [0.4, 0.5) is 4.39 Å². The molecule has 1 atom stereocenters. The Bertz CT molecular complexity index is 589. The smallest absolute Gasteiger partial charge is 0.240 e. The fraction of sp³-hybridized carbons (Fsp3) is 0.500. The van der Waals surface area contributed by atoms with Crippen molar-refractivity contribution in [2.75, 3.05) is 12.3 Å². The van der Waals surface area contributed by atoms with Gasteiger partial charge in [0.15, 0.2) is 0 Å². The van der Waals surface area contributed by atoms with Gasteiger partial charge in [-0.2, -0.15) is 11.8 Å². The molecule has 0 saturated carbocycles. The molecule has 0 bridgehead atoms. The first-order chi connectivity index (χ1) is 9.44. The number of hydrogen-bond donors (Lipinski definition) is 2. The zero-order chi connectivity index (χ0) is 14.8. The van der Waals surface area contributed by atoms with Crippen LogP contribution in [0.3, 0.4) is 0 Å². The molecule has 1 heterocycles. The van der Waals surface area contributed by atoms with E-state index in [9.17, 15) is 12.8 Å². The average molecular weight is 339 g/mol. The van der Waals surface area contributed by atoms with E-state index in [1.54, 1.807) is 11.8 Å². The first kappa shape index (κ1) is 16.0. The van der Waals surface area contributed by atoms with Crippen molar-refractivity contribution in [2.24, 2.45) is 5.73 Å². The molecule has 1 fully saturated rings. The summed E-state index contributed by atoms with van der Waals surface area (Å²) >= 11 is 7.47. The van der Waals surface area contributed by atoms with Gasteiger partial charge in [0.2, 0.25) is 10.0 Å². The second-order valence-corrected chi connectivity index (χ2v) is 8.12. The molecule has 1 unspecified atom stereocenters. The number of thioether (sulfide) groups is 1. The standard InChI is InChI=1S/C12H16ClFN2O2S2/c13-12-8(6-15)4-10(5-11(12)14)20(17,18)16-7-9-2-1-3-19-9/h4-5,9,16H,1-3,6-7,15H2. The van der Waals surface area contributed by atoms with E-state index in [-0.39, 0.29) is 27.3 Å². The van der Waals surface area contributed by atoms with Gasteiger partial charge in [-0.05, 0) is 36.3 Å². The minimum absolute atomic E-state index is 0.0163. The van der Waals surface area contributed by atoms with Crippen molar-refractivity contribution in [3.63, 3.8) is 0 Å². The molecule has 112 valence electrons.